The van der Waals surface area contributed by atoms with Gasteiger partial charge in [-0.1, -0.05) is 0 Å². The van der Waals surface area contributed by atoms with Gasteiger partial charge in [0.15, 0.2) is 0 Å². The van der Waals surface area contributed by atoms with Crippen LogP contribution in [-0.4, -0.2) is 46.1 Å². The van der Waals surface area contributed by atoms with E-state index in [1.807, 2.05) is 4.90 Å². The molecule has 2 fully saturated rings. The van der Waals surface area contributed by atoms with E-state index in [1.165, 1.54) is 0 Å². The average Bonchev–Trinajstić information content (AvgIpc) is 2.70. The zero-order valence-corrected chi connectivity index (χ0v) is 8.39. The summed E-state index contributed by atoms with van der Waals surface area (Å²) in [5.41, 5.74) is -0.937. The normalized spacial score (nSPS) is 38.1. The molecule has 6 heteroatoms. The van der Waals surface area contributed by atoms with Gasteiger partial charge in [0.1, 0.15) is 5.54 Å². The maximum atomic E-state index is 11.3. The van der Waals surface area contributed by atoms with Crippen molar-refractivity contribution < 1.29 is 14.8 Å². The highest BCUT2D eigenvalue weighted by atomic mass is 16.6. The van der Waals surface area contributed by atoms with Crippen molar-refractivity contribution in [2.45, 2.75) is 24.8 Å². The molecule has 1 unspecified atom stereocenters. The number of nitro groups is 1. The van der Waals surface area contributed by atoms with E-state index in [1.54, 1.807) is 0 Å². The number of carbonyl (C=O) groups is 1. The van der Waals surface area contributed by atoms with E-state index in [4.69, 9.17) is 0 Å². The van der Waals surface area contributed by atoms with E-state index in [0.29, 0.717) is 0 Å². The number of hydrogen-bond acceptors (Lipinski definition) is 4. The summed E-state index contributed by atoms with van der Waals surface area (Å²) < 4.78 is 0. The van der Waals surface area contributed by atoms with Crippen molar-refractivity contribution in [2.24, 2.45) is 5.92 Å². The molecule has 0 radical (unpaired) electrons. The van der Waals surface area contributed by atoms with Crippen LogP contribution < -0.4 is 0 Å². The minimum atomic E-state index is -0.937. The molecule has 0 amide bonds. The van der Waals surface area contributed by atoms with Crippen LogP contribution in [0.25, 0.3) is 0 Å². The van der Waals surface area contributed by atoms with Gasteiger partial charge in [0.05, 0.1) is 0 Å². The molecule has 1 atom stereocenters. The molecule has 84 valence electrons. The Labute approximate surface area is 87.0 Å². The van der Waals surface area contributed by atoms with Gasteiger partial charge in [0, 0.05) is 11.3 Å². The molecule has 6 nitrogen and oxygen atoms in total. The predicted octanol–water partition coefficient (Wildman–Crippen LogP) is 0.202. The lowest BCUT2D eigenvalue weighted by Gasteiger charge is -2.30. The van der Waals surface area contributed by atoms with Crippen LogP contribution in [0, 0.1) is 16.0 Å². The van der Waals surface area contributed by atoms with Crippen LogP contribution in [0.2, 0.25) is 0 Å². The third-order valence-electron chi connectivity index (χ3n) is 3.78. The van der Waals surface area contributed by atoms with Crippen LogP contribution in [0.5, 0.6) is 0 Å². The van der Waals surface area contributed by atoms with Gasteiger partial charge in [-0.15, -0.1) is 0 Å². The highest BCUT2D eigenvalue weighted by Gasteiger charge is 2.58. The van der Waals surface area contributed by atoms with Crippen LogP contribution >= 0.6 is 0 Å². The Kier molecular flexibility index (Phi) is 2.38. The highest BCUT2D eigenvalue weighted by Crippen LogP contribution is 2.45. The largest absolute Gasteiger partial charge is 0.480 e. The molecule has 0 aromatic heterocycles. The van der Waals surface area contributed by atoms with Gasteiger partial charge in [-0.2, -0.15) is 0 Å². The number of carboxylic acid groups (broad SMARTS) is 1. The van der Waals surface area contributed by atoms with Gasteiger partial charge in [-0.25, -0.2) is 0 Å². The van der Waals surface area contributed by atoms with E-state index in [0.717, 1.165) is 25.9 Å². The molecule has 0 aliphatic carbocycles. The van der Waals surface area contributed by atoms with E-state index in [2.05, 4.69) is 0 Å². The first-order valence-corrected chi connectivity index (χ1v) is 5.17. The van der Waals surface area contributed by atoms with Crippen LogP contribution in [0.1, 0.15) is 19.3 Å². The first-order valence-electron chi connectivity index (χ1n) is 5.17. The molecule has 2 saturated heterocycles. The van der Waals surface area contributed by atoms with Gasteiger partial charge in [-0.3, -0.25) is 19.8 Å². The van der Waals surface area contributed by atoms with E-state index < -0.39 is 16.4 Å². The Balaban J connectivity index is 2.18. The Morgan fingerprint density at radius 2 is 2.13 bits per heavy atom. The smallest absolute Gasteiger partial charge is 0.324 e. The third-order valence-corrected chi connectivity index (χ3v) is 3.78. The van der Waals surface area contributed by atoms with Gasteiger partial charge >= 0.3 is 5.97 Å². The Morgan fingerprint density at radius 3 is 2.47 bits per heavy atom. The number of rotatable bonds is 4. The Morgan fingerprint density at radius 1 is 1.53 bits per heavy atom. The van der Waals surface area contributed by atoms with E-state index >= 15 is 0 Å². The van der Waals surface area contributed by atoms with E-state index in [-0.39, 0.29) is 18.9 Å². The number of aliphatic carboxylic acids is 1. The number of carboxylic acids is 1. The molecule has 2 aliphatic heterocycles. The first-order chi connectivity index (χ1) is 7.07. The molecule has 2 aliphatic rings. The zero-order chi connectivity index (χ0) is 11.1. The third kappa shape index (κ3) is 1.40. The SMILES string of the molecule is O=C(O)C1(CC[N+](=O)[O-])C2CCN1CC2. The van der Waals surface area contributed by atoms with Crippen LogP contribution in [0.3, 0.4) is 0 Å². The lowest BCUT2D eigenvalue weighted by atomic mass is 9.83. The summed E-state index contributed by atoms with van der Waals surface area (Å²) in [6, 6.07) is 0. The lowest BCUT2D eigenvalue weighted by molar-refractivity contribution is -0.482. The molecule has 2 rings (SSSR count). The van der Waals surface area contributed by atoms with Crippen LogP contribution in [0.15, 0.2) is 0 Å². The number of hydrogen-bond donors (Lipinski definition) is 1. The quantitative estimate of drug-likeness (QED) is 0.534. The van der Waals surface area contributed by atoms with Crippen LogP contribution in [0.4, 0.5) is 0 Å². The fourth-order valence-corrected chi connectivity index (χ4v) is 3.06. The van der Waals surface area contributed by atoms with Gasteiger partial charge in [0.25, 0.3) is 0 Å². The second-order valence-corrected chi connectivity index (χ2v) is 4.30. The number of piperidine rings is 1. The summed E-state index contributed by atoms with van der Waals surface area (Å²) >= 11 is 0. The predicted molar refractivity (Wildman–Crippen MR) is 51.1 cm³/mol. The number of fused-ring (bicyclic) bond motifs is 2. The second kappa shape index (κ2) is 3.44. The molecule has 2 bridgehead atoms. The summed E-state index contributed by atoms with van der Waals surface area (Å²) in [6.07, 6.45) is 1.87. The van der Waals surface area contributed by atoms with Gasteiger partial charge in [0.2, 0.25) is 6.54 Å². The van der Waals surface area contributed by atoms with Crippen molar-refractivity contribution >= 4 is 5.97 Å². The molecule has 0 saturated carbocycles. The second-order valence-electron chi connectivity index (χ2n) is 4.30. The van der Waals surface area contributed by atoms with E-state index in [9.17, 15) is 20.0 Å². The summed E-state index contributed by atoms with van der Waals surface area (Å²) in [5, 5.41) is 19.6. The van der Waals surface area contributed by atoms with Crippen molar-refractivity contribution in [3.05, 3.63) is 10.1 Å². The first kappa shape index (κ1) is 10.4. The van der Waals surface area contributed by atoms with Crippen molar-refractivity contribution in [3.63, 3.8) is 0 Å². The standard InChI is InChI=1S/C9H14N2O4/c12-8(13)9(3-6-11(14)15)7-1-4-10(9)5-2-7/h7H,1-6H2,(H,12,13). The minimum absolute atomic E-state index is 0.106. The molecule has 15 heavy (non-hydrogen) atoms. The molecule has 0 aromatic rings. The van der Waals surface area contributed by atoms with Crippen molar-refractivity contribution in [1.29, 1.82) is 0 Å². The maximum Gasteiger partial charge on any atom is 0.324 e. The fourth-order valence-electron chi connectivity index (χ4n) is 3.06. The summed E-state index contributed by atoms with van der Waals surface area (Å²) in [6.45, 7) is 1.29. The summed E-state index contributed by atoms with van der Waals surface area (Å²) in [4.78, 5) is 23.2. The zero-order valence-electron chi connectivity index (χ0n) is 8.39. The Hall–Kier alpha value is -1.17. The number of nitrogens with zero attached hydrogens (tertiary/aromatic N) is 2. The molecule has 1 N–H and O–H groups in total. The van der Waals surface area contributed by atoms with Crippen LogP contribution in [-0.2, 0) is 4.79 Å². The minimum Gasteiger partial charge on any atom is -0.480 e. The average molecular weight is 214 g/mol. The fraction of sp³-hybridized carbons (Fsp3) is 0.889. The molecule has 0 spiro atoms. The van der Waals surface area contributed by atoms with Gasteiger partial charge < -0.3 is 5.11 Å². The summed E-state index contributed by atoms with van der Waals surface area (Å²) in [7, 11) is 0. The topological polar surface area (TPSA) is 83.7 Å². The van der Waals surface area contributed by atoms with Crippen molar-refractivity contribution in [1.82, 2.24) is 4.90 Å². The molecule has 2 heterocycles. The lowest BCUT2D eigenvalue weighted by Crippen LogP contribution is -2.50. The Bertz CT molecular complexity index is 284. The highest BCUT2D eigenvalue weighted by molar-refractivity contribution is 5.80. The van der Waals surface area contributed by atoms with Crippen molar-refractivity contribution in [2.75, 3.05) is 19.6 Å². The molecular formula is C9H14N2O4. The van der Waals surface area contributed by atoms with Gasteiger partial charge in [-0.05, 0) is 31.8 Å². The molecule has 0 aromatic carbocycles. The monoisotopic (exact) mass is 214 g/mol. The maximum absolute atomic E-state index is 11.3. The van der Waals surface area contributed by atoms with Crippen molar-refractivity contribution in [3.8, 4) is 0 Å². The molecular weight excluding hydrogens is 200 g/mol. The summed E-state index contributed by atoms with van der Waals surface area (Å²) in [5.74, 6) is -0.778.